The number of nitrogens with zero attached hydrogens (tertiary/aromatic N) is 3. The summed E-state index contributed by atoms with van der Waals surface area (Å²) in [6.45, 7) is 11.6. The van der Waals surface area contributed by atoms with Crippen molar-refractivity contribution < 1.29 is 88.2 Å². The van der Waals surface area contributed by atoms with Gasteiger partial charge in [0.15, 0.2) is 35.7 Å². The lowest BCUT2D eigenvalue weighted by atomic mass is 9.93. The lowest BCUT2D eigenvalue weighted by Crippen LogP contribution is -2.63. The maximum atomic E-state index is 13.6. The first-order chi connectivity index (χ1) is 29.9. The zero-order valence-electron chi connectivity index (χ0n) is 36.9. The summed E-state index contributed by atoms with van der Waals surface area (Å²) in [5.74, 6) is -6.09. The van der Waals surface area contributed by atoms with Crippen molar-refractivity contribution in [1.29, 1.82) is 0 Å². The monoisotopic (exact) mass is 924 g/mol. The van der Waals surface area contributed by atoms with Crippen LogP contribution in [0.5, 0.6) is 28.7 Å². The minimum atomic E-state index is -5.20. The van der Waals surface area contributed by atoms with Gasteiger partial charge in [0, 0.05) is 68.8 Å². The summed E-state index contributed by atoms with van der Waals surface area (Å²) in [4.78, 5) is 77.0. The predicted octanol–water partition coefficient (Wildman–Crippen LogP) is 3.79. The first-order valence-electron chi connectivity index (χ1n) is 19.3. The number of amides is 1. The average Bonchev–Trinajstić information content (AvgIpc) is 3.19. The Bertz CT molecular complexity index is 2170. The van der Waals surface area contributed by atoms with E-state index in [0.29, 0.717) is 6.29 Å². The molecule has 1 amide bonds. The molecule has 2 aromatic carbocycles. The van der Waals surface area contributed by atoms with E-state index in [2.05, 4.69) is 15.3 Å². The van der Waals surface area contributed by atoms with Crippen LogP contribution in [0.1, 0.15) is 76.1 Å². The van der Waals surface area contributed by atoms with Gasteiger partial charge in [-0.05, 0) is 29.1 Å². The van der Waals surface area contributed by atoms with Gasteiger partial charge in [0.1, 0.15) is 24.2 Å². The van der Waals surface area contributed by atoms with Crippen molar-refractivity contribution in [2.24, 2.45) is 15.9 Å². The number of hydrogen-bond donors (Lipinski definition) is 1. The Kier molecular flexibility index (Phi) is 18.5. The topological polar surface area (TPSA) is 299 Å². The first kappa shape index (κ1) is 52.0. The molecule has 64 heavy (non-hydrogen) atoms. The molecule has 1 aliphatic rings. The quantitative estimate of drug-likeness (QED) is 0.0414. The normalized spacial score (nSPS) is 18.5. The zero-order chi connectivity index (χ0) is 48.0. The van der Waals surface area contributed by atoms with Crippen molar-refractivity contribution in [2.45, 2.75) is 86.1 Å². The summed E-state index contributed by atoms with van der Waals surface area (Å²) < 4.78 is 87.5. The highest BCUT2D eigenvalue weighted by Gasteiger charge is 2.53. The van der Waals surface area contributed by atoms with E-state index in [0.717, 1.165) is 52.0 Å². The number of carbonyl (C=O) groups excluding carboxylic acids is 6. The molecule has 0 aliphatic carbocycles. The Morgan fingerprint density at radius 3 is 1.92 bits per heavy atom. The number of azide groups is 1. The molecule has 0 spiro atoms. The number of rotatable bonds is 23. The fourth-order valence-electron chi connectivity index (χ4n) is 5.89. The van der Waals surface area contributed by atoms with E-state index < -0.39 is 106 Å². The summed E-state index contributed by atoms with van der Waals surface area (Å²) in [7, 11) is -2.77. The second kappa shape index (κ2) is 22.8. The molecule has 0 bridgehead atoms. The number of carbonyl (C=O) groups is 6. The lowest BCUT2D eigenvalue weighted by molar-refractivity contribution is -0.288. The third-order valence-corrected chi connectivity index (χ3v) is 9.48. The minimum Gasteiger partial charge on any atom is -0.496 e. The molecule has 0 aromatic heterocycles. The standard InChI is InChI=1S/C40H52N4O19S/c1-22(46)56-17-33-34(57-23(2)47)35(58-24(3)48)36(59-25(4)49)38(61-33)60-29-12-11-26(37(50)42-18-39(5,6)20-55-21-40(7,8)19-43-44-41)13-32(29)63-64(51,52)62-27-14-30(53-9)28(16-45)31(15-27)54-10/h11-16,33-36,38H,17-21H2,1-10H3,(H,42,50)/t33-,34+,35+,36-,38?/m1/s1. The molecule has 1 fully saturated rings. The highest BCUT2D eigenvalue weighted by molar-refractivity contribution is 7.82. The molecular formula is C40H52N4O19S. The van der Waals surface area contributed by atoms with Crippen molar-refractivity contribution in [3.8, 4) is 28.7 Å². The van der Waals surface area contributed by atoms with Gasteiger partial charge in [0.25, 0.3) is 5.91 Å². The molecule has 2 aromatic rings. The van der Waals surface area contributed by atoms with Gasteiger partial charge >= 0.3 is 34.3 Å². The SMILES string of the molecule is COc1cc(OS(=O)(=O)Oc2cc(C(=O)NCC(C)(C)COCC(C)(C)CN=[N+]=[N-])ccc2OC2O[C@H](COC(C)=O)[C@H](OC(C)=O)[C@H](OC(C)=O)[C@H]2OC(C)=O)cc(OC)c1C=O. The van der Waals surface area contributed by atoms with Crippen molar-refractivity contribution in [3.05, 3.63) is 51.9 Å². The van der Waals surface area contributed by atoms with E-state index in [1.54, 1.807) is 0 Å². The van der Waals surface area contributed by atoms with Crippen molar-refractivity contribution in [1.82, 2.24) is 5.32 Å². The van der Waals surface area contributed by atoms with Crippen LogP contribution in [0.2, 0.25) is 0 Å². The molecule has 1 unspecified atom stereocenters. The van der Waals surface area contributed by atoms with Crippen LogP contribution < -0.4 is 27.9 Å². The van der Waals surface area contributed by atoms with Crippen LogP contribution in [-0.2, 0) is 58.0 Å². The number of aldehydes is 1. The van der Waals surface area contributed by atoms with Crippen LogP contribution in [0.3, 0.4) is 0 Å². The Hall–Kier alpha value is -6.36. The fraction of sp³-hybridized carbons (Fsp3) is 0.550. The summed E-state index contributed by atoms with van der Waals surface area (Å²) in [5.41, 5.74) is 7.35. The molecule has 3 rings (SSSR count). The van der Waals surface area contributed by atoms with Crippen molar-refractivity contribution in [2.75, 3.05) is 47.1 Å². The molecule has 0 radical (unpaired) electrons. The van der Waals surface area contributed by atoms with Gasteiger partial charge in [-0.2, -0.15) is 0 Å². The van der Waals surface area contributed by atoms with E-state index in [9.17, 15) is 37.2 Å². The summed E-state index contributed by atoms with van der Waals surface area (Å²) in [6.07, 6.45) is -7.82. The fourth-order valence-corrected chi connectivity index (χ4v) is 6.61. The molecule has 1 N–H and O–H groups in total. The highest BCUT2D eigenvalue weighted by Crippen LogP contribution is 2.38. The Morgan fingerprint density at radius 1 is 0.797 bits per heavy atom. The van der Waals surface area contributed by atoms with Gasteiger partial charge in [-0.3, -0.25) is 28.8 Å². The number of esters is 4. The van der Waals surface area contributed by atoms with Gasteiger partial charge in [0.2, 0.25) is 12.4 Å². The van der Waals surface area contributed by atoms with Gasteiger partial charge in [-0.15, -0.1) is 8.42 Å². The average molecular weight is 925 g/mol. The van der Waals surface area contributed by atoms with E-state index in [1.165, 1.54) is 20.3 Å². The number of methoxy groups -OCH3 is 2. The molecular weight excluding hydrogens is 873 g/mol. The second-order valence-electron chi connectivity index (χ2n) is 15.7. The number of ether oxygens (including phenoxy) is 9. The van der Waals surface area contributed by atoms with E-state index >= 15 is 0 Å². The molecule has 1 saturated heterocycles. The number of nitrogens with one attached hydrogen (secondary N) is 1. The first-order valence-corrected chi connectivity index (χ1v) is 20.6. The zero-order valence-corrected chi connectivity index (χ0v) is 37.7. The van der Waals surface area contributed by atoms with Crippen molar-refractivity contribution >= 4 is 46.5 Å². The molecule has 5 atom stereocenters. The van der Waals surface area contributed by atoms with Crippen molar-refractivity contribution in [3.63, 3.8) is 0 Å². The van der Waals surface area contributed by atoms with Gasteiger partial charge in [-0.1, -0.05) is 32.8 Å². The molecule has 24 heteroatoms. The Morgan fingerprint density at radius 2 is 1.38 bits per heavy atom. The summed E-state index contributed by atoms with van der Waals surface area (Å²) in [6, 6.07) is 5.46. The highest BCUT2D eigenvalue weighted by atomic mass is 32.3. The summed E-state index contributed by atoms with van der Waals surface area (Å²) >= 11 is 0. The smallest absolute Gasteiger partial charge is 0.496 e. The van der Waals surface area contributed by atoms with Crippen LogP contribution >= 0.6 is 0 Å². The Balaban J connectivity index is 2.09. The number of benzene rings is 2. The van der Waals surface area contributed by atoms with Crippen LogP contribution in [0.25, 0.3) is 10.4 Å². The van der Waals surface area contributed by atoms with E-state index in [1.807, 2.05) is 27.7 Å². The van der Waals surface area contributed by atoms with Gasteiger partial charge in [-0.25, -0.2) is 0 Å². The van der Waals surface area contributed by atoms with E-state index in [-0.39, 0.29) is 48.9 Å². The summed E-state index contributed by atoms with van der Waals surface area (Å²) in [5, 5.41) is 6.36. The third kappa shape index (κ3) is 15.8. The maximum absolute atomic E-state index is 13.6. The molecule has 352 valence electrons. The van der Waals surface area contributed by atoms with Crippen LogP contribution in [0, 0.1) is 10.8 Å². The molecule has 1 heterocycles. The maximum Gasteiger partial charge on any atom is 0.501 e. The lowest BCUT2D eigenvalue weighted by Gasteiger charge is -2.43. The number of hydrogen-bond acceptors (Lipinski definition) is 20. The van der Waals surface area contributed by atoms with Gasteiger partial charge < -0.3 is 56.3 Å². The van der Waals surface area contributed by atoms with E-state index in [4.69, 9.17) is 56.5 Å². The van der Waals surface area contributed by atoms with Crippen LogP contribution in [-0.4, -0.2) is 122 Å². The van der Waals surface area contributed by atoms with Gasteiger partial charge in [0.05, 0.1) is 33.0 Å². The second-order valence-corrected chi connectivity index (χ2v) is 16.8. The van der Waals surface area contributed by atoms with Crippen LogP contribution in [0.15, 0.2) is 35.4 Å². The third-order valence-electron chi connectivity index (χ3n) is 8.70. The minimum absolute atomic E-state index is 0.0567. The molecule has 23 nitrogen and oxygen atoms in total. The largest absolute Gasteiger partial charge is 0.501 e. The molecule has 0 saturated carbocycles. The Labute approximate surface area is 369 Å². The van der Waals surface area contributed by atoms with Crippen LogP contribution in [0.4, 0.5) is 0 Å². The molecule has 1 aliphatic heterocycles. The predicted molar refractivity (Wildman–Crippen MR) is 219 cm³/mol.